The van der Waals surface area contributed by atoms with Crippen molar-refractivity contribution in [1.82, 2.24) is 0 Å². The molecule has 56 valence electrons. The number of fused-ring (bicyclic) bond motifs is 1. The van der Waals surface area contributed by atoms with Crippen LogP contribution in [0.2, 0.25) is 0 Å². The van der Waals surface area contributed by atoms with Crippen LogP contribution in [-0.4, -0.2) is 5.11 Å². The van der Waals surface area contributed by atoms with Crippen LogP contribution in [0.25, 0.3) is 11.0 Å². The highest BCUT2D eigenvalue weighted by atomic mass is 16.3. The number of hydrogen-bond donors (Lipinski definition) is 1. The molecular weight excluding hydrogens is 140 g/mol. The molecule has 0 spiro atoms. The van der Waals surface area contributed by atoms with Gasteiger partial charge in [-0.3, -0.25) is 0 Å². The molecule has 1 aromatic heterocycles. The number of phenolic OH excluding ortho intramolecular Hbond substituents is 1. The first-order chi connectivity index (χ1) is 5.27. The fourth-order valence-electron chi connectivity index (χ4n) is 1.11. The van der Waals surface area contributed by atoms with Crippen molar-refractivity contribution in [3.8, 4) is 5.75 Å². The number of benzene rings is 1. The Labute approximate surface area is 64.1 Å². The predicted molar refractivity (Wildman–Crippen MR) is 42.6 cm³/mol. The second-order valence-electron chi connectivity index (χ2n) is 2.60. The van der Waals surface area contributed by atoms with E-state index in [1.165, 1.54) is 0 Å². The van der Waals surface area contributed by atoms with Gasteiger partial charge in [0.2, 0.25) is 0 Å². The summed E-state index contributed by atoms with van der Waals surface area (Å²) in [6.07, 6.45) is 1.61. The van der Waals surface area contributed by atoms with Gasteiger partial charge < -0.3 is 9.52 Å². The lowest BCUT2D eigenvalue weighted by Crippen LogP contribution is -1.72. The van der Waals surface area contributed by atoms with Gasteiger partial charge in [-0.1, -0.05) is 0 Å². The monoisotopic (exact) mass is 148 g/mol. The summed E-state index contributed by atoms with van der Waals surface area (Å²) in [6, 6.07) is 5.40. The Kier molecular flexibility index (Phi) is 1.15. The van der Waals surface area contributed by atoms with E-state index in [0.717, 1.165) is 16.5 Å². The Balaban J connectivity index is 2.86. The van der Waals surface area contributed by atoms with Gasteiger partial charge in [-0.2, -0.15) is 0 Å². The van der Waals surface area contributed by atoms with E-state index in [-0.39, 0.29) is 5.75 Å². The van der Waals surface area contributed by atoms with E-state index in [4.69, 9.17) is 4.42 Å². The minimum Gasteiger partial charge on any atom is -0.508 e. The summed E-state index contributed by atoms with van der Waals surface area (Å²) in [5.74, 6) is 0.285. The summed E-state index contributed by atoms with van der Waals surface area (Å²) in [7, 11) is 0. The summed E-state index contributed by atoms with van der Waals surface area (Å²) in [6.45, 7) is 1.86. The van der Waals surface area contributed by atoms with E-state index in [9.17, 15) is 5.11 Å². The van der Waals surface area contributed by atoms with Crippen molar-refractivity contribution in [3.05, 3.63) is 30.0 Å². The predicted octanol–water partition coefficient (Wildman–Crippen LogP) is 2.45. The van der Waals surface area contributed by atoms with E-state index in [2.05, 4.69) is 0 Å². The summed E-state index contributed by atoms with van der Waals surface area (Å²) >= 11 is 0. The Morgan fingerprint density at radius 1 is 1.36 bits per heavy atom. The number of phenols is 1. The van der Waals surface area contributed by atoms with Gasteiger partial charge in [-0.05, 0) is 24.6 Å². The van der Waals surface area contributed by atoms with Crippen molar-refractivity contribution in [1.29, 1.82) is 0 Å². The Morgan fingerprint density at radius 3 is 3.00 bits per heavy atom. The lowest BCUT2D eigenvalue weighted by molar-refractivity contribution is 0.470. The van der Waals surface area contributed by atoms with E-state index in [1.54, 1.807) is 12.3 Å². The van der Waals surface area contributed by atoms with Gasteiger partial charge in [-0.25, -0.2) is 0 Å². The topological polar surface area (TPSA) is 33.4 Å². The highest BCUT2D eigenvalue weighted by Crippen LogP contribution is 2.24. The molecule has 0 amide bonds. The van der Waals surface area contributed by atoms with Gasteiger partial charge in [0, 0.05) is 11.5 Å². The normalized spacial score (nSPS) is 10.6. The largest absolute Gasteiger partial charge is 0.508 e. The molecule has 2 aromatic rings. The van der Waals surface area contributed by atoms with Crippen LogP contribution in [0.3, 0.4) is 0 Å². The van der Waals surface area contributed by atoms with Crippen LogP contribution in [0.5, 0.6) is 5.75 Å². The standard InChI is InChI=1S/C9H8O2/c1-6-4-7-2-3-11-9(7)5-8(6)10/h2-5,10H,1H3. The van der Waals surface area contributed by atoms with E-state index < -0.39 is 0 Å². The summed E-state index contributed by atoms with van der Waals surface area (Å²) in [5.41, 5.74) is 1.60. The lowest BCUT2D eigenvalue weighted by atomic mass is 10.2. The first kappa shape index (κ1) is 6.28. The van der Waals surface area contributed by atoms with E-state index >= 15 is 0 Å². The van der Waals surface area contributed by atoms with Crippen LogP contribution in [-0.2, 0) is 0 Å². The molecule has 0 atom stereocenters. The minimum atomic E-state index is 0.285. The van der Waals surface area contributed by atoms with Crippen LogP contribution in [0.15, 0.2) is 28.9 Å². The third-order valence-electron chi connectivity index (χ3n) is 1.77. The van der Waals surface area contributed by atoms with Gasteiger partial charge in [0.1, 0.15) is 11.3 Å². The molecule has 1 aromatic carbocycles. The van der Waals surface area contributed by atoms with Gasteiger partial charge in [0.15, 0.2) is 0 Å². The molecule has 0 radical (unpaired) electrons. The average molecular weight is 148 g/mol. The zero-order valence-electron chi connectivity index (χ0n) is 6.16. The van der Waals surface area contributed by atoms with Crippen molar-refractivity contribution < 1.29 is 9.52 Å². The molecule has 2 rings (SSSR count). The Hall–Kier alpha value is -1.44. The molecule has 0 bridgehead atoms. The van der Waals surface area contributed by atoms with Crippen LogP contribution in [0, 0.1) is 6.92 Å². The third kappa shape index (κ3) is 0.871. The van der Waals surface area contributed by atoms with Crippen molar-refractivity contribution in [2.24, 2.45) is 0 Å². The van der Waals surface area contributed by atoms with Crippen molar-refractivity contribution >= 4 is 11.0 Å². The van der Waals surface area contributed by atoms with Crippen LogP contribution in [0.1, 0.15) is 5.56 Å². The van der Waals surface area contributed by atoms with Gasteiger partial charge in [0.05, 0.1) is 6.26 Å². The summed E-state index contributed by atoms with van der Waals surface area (Å²) in [4.78, 5) is 0. The molecule has 0 aliphatic carbocycles. The van der Waals surface area contributed by atoms with Gasteiger partial charge in [-0.15, -0.1) is 0 Å². The Morgan fingerprint density at radius 2 is 2.18 bits per heavy atom. The van der Waals surface area contributed by atoms with Crippen molar-refractivity contribution in [2.45, 2.75) is 6.92 Å². The zero-order chi connectivity index (χ0) is 7.84. The first-order valence-corrected chi connectivity index (χ1v) is 3.44. The van der Waals surface area contributed by atoms with Crippen LogP contribution >= 0.6 is 0 Å². The average Bonchev–Trinajstić information content (AvgIpc) is 2.36. The highest BCUT2D eigenvalue weighted by molar-refractivity contribution is 5.79. The number of hydrogen-bond acceptors (Lipinski definition) is 2. The zero-order valence-corrected chi connectivity index (χ0v) is 6.16. The maximum atomic E-state index is 9.28. The molecule has 1 heterocycles. The number of rotatable bonds is 0. The SMILES string of the molecule is Cc1cc2ccoc2cc1O. The van der Waals surface area contributed by atoms with Gasteiger partial charge in [0.25, 0.3) is 0 Å². The van der Waals surface area contributed by atoms with E-state index in [1.807, 2.05) is 19.1 Å². The first-order valence-electron chi connectivity index (χ1n) is 3.44. The quantitative estimate of drug-likeness (QED) is 0.622. The molecule has 0 saturated carbocycles. The molecule has 11 heavy (non-hydrogen) atoms. The molecule has 1 N–H and O–H groups in total. The lowest BCUT2D eigenvalue weighted by Gasteiger charge is -1.95. The number of aryl methyl sites for hydroxylation is 1. The van der Waals surface area contributed by atoms with Gasteiger partial charge >= 0.3 is 0 Å². The maximum absolute atomic E-state index is 9.28. The molecule has 0 unspecified atom stereocenters. The van der Waals surface area contributed by atoms with Crippen molar-refractivity contribution in [3.63, 3.8) is 0 Å². The summed E-state index contributed by atoms with van der Waals surface area (Å²) < 4.78 is 5.09. The molecule has 0 aliphatic heterocycles. The van der Waals surface area contributed by atoms with E-state index in [0.29, 0.717) is 0 Å². The molecule has 2 heteroatoms. The molecule has 2 nitrogen and oxygen atoms in total. The Bertz CT molecular complexity index is 351. The third-order valence-corrected chi connectivity index (χ3v) is 1.77. The number of aromatic hydroxyl groups is 1. The second kappa shape index (κ2) is 2.02. The molecule has 0 fully saturated rings. The van der Waals surface area contributed by atoms with Crippen LogP contribution < -0.4 is 0 Å². The maximum Gasteiger partial charge on any atom is 0.137 e. The molecular formula is C9H8O2. The fraction of sp³-hybridized carbons (Fsp3) is 0.111. The number of furan rings is 1. The smallest absolute Gasteiger partial charge is 0.137 e. The van der Waals surface area contributed by atoms with Crippen molar-refractivity contribution in [2.75, 3.05) is 0 Å². The van der Waals surface area contributed by atoms with Crippen LogP contribution in [0.4, 0.5) is 0 Å². The second-order valence-corrected chi connectivity index (χ2v) is 2.60. The fourth-order valence-corrected chi connectivity index (χ4v) is 1.11. The summed E-state index contributed by atoms with van der Waals surface area (Å²) in [5, 5.41) is 10.3. The minimum absolute atomic E-state index is 0.285. The molecule has 0 saturated heterocycles. The molecule has 0 aliphatic rings. The highest BCUT2D eigenvalue weighted by Gasteiger charge is 2.00.